The molecule has 152 valence electrons. The topological polar surface area (TPSA) is 92.8 Å². The Morgan fingerprint density at radius 2 is 1.73 bits per heavy atom. The van der Waals surface area contributed by atoms with E-state index in [0.717, 1.165) is 12.1 Å². The van der Waals surface area contributed by atoms with Crippen molar-refractivity contribution in [2.75, 3.05) is 5.32 Å². The van der Waals surface area contributed by atoms with Gasteiger partial charge in [0.15, 0.2) is 5.65 Å². The molecule has 0 saturated heterocycles. The van der Waals surface area contributed by atoms with Crippen LogP contribution in [0.3, 0.4) is 0 Å². The molecule has 0 aliphatic rings. The highest BCUT2D eigenvalue weighted by Crippen LogP contribution is 2.29. The second kappa shape index (κ2) is 7.82. The summed E-state index contributed by atoms with van der Waals surface area (Å²) in [6.45, 7) is 0. The first kappa shape index (κ1) is 19.4. The first-order valence-corrected chi connectivity index (χ1v) is 8.76. The Bertz CT molecular complexity index is 1170. The van der Waals surface area contributed by atoms with Gasteiger partial charge >= 0.3 is 6.18 Å². The monoisotopic (exact) mass is 413 g/mol. The third kappa shape index (κ3) is 4.37. The Hall–Kier alpha value is -3.95. The van der Waals surface area contributed by atoms with Crippen LogP contribution in [0.15, 0.2) is 61.2 Å². The predicted octanol–water partition coefficient (Wildman–Crippen LogP) is 4.35. The van der Waals surface area contributed by atoms with E-state index >= 15 is 0 Å². The molecule has 0 saturated carbocycles. The maximum Gasteiger partial charge on any atom is 0.416 e. The van der Waals surface area contributed by atoms with Crippen molar-refractivity contribution < 1.29 is 22.7 Å². The summed E-state index contributed by atoms with van der Waals surface area (Å²) in [6.07, 6.45) is -1.62. The van der Waals surface area contributed by atoms with E-state index in [2.05, 4.69) is 25.3 Å². The maximum absolute atomic E-state index is 12.6. The molecule has 30 heavy (non-hydrogen) atoms. The van der Waals surface area contributed by atoms with Gasteiger partial charge in [-0.05, 0) is 42.0 Å². The largest absolute Gasteiger partial charge is 0.437 e. The maximum atomic E-state index is 12.6. The average molecular weight is 413 g/mol. The number of carbonyl (C=O) groups is 1. The van der Waals surface area contributed by atoms with Crippen molar-refractivity contribution in [2.45, 2.75) is 12.6 Å². The standard InChI is InChI=1S/C20H14F3N5O2/c21-20(22,23)13-3-1-12(2-4-13)9-16(29)28-14-5-7-15(8-6-14)30-19-17-18(25-10-24-17)26-11-27-19/h1-8,10-11H,9H2,(H,28,29)(H,24,25,26,27). The van der Waals surface area contributed by atoms with E-state index in [1.54, 1.807) is 24.3 Å². The third-order valence-electron chi connectivity index (χ3n) is 4.19. The molecule has 0 unspecified atom stereocenters. The Morgan fingerprint density at radius 1 is 1.00 bits per heavy atom. The molecule has 0 atom stereocenters. The van der Waals surface area contributed by atoms with E-state index in [1.165, 1.54) is 24.8 Å². The van der Waals surface area contributed by atoms with Crippen LogP contribution in [0.4, 0.5) is 18.9 Å². The summed E-state index contributed by atoms with van der Waals surface area (Å²) in [5, 5.41) is 2.69. The molecular weight excluding hydrogens is 399 g/mol. The number of ether oxygens (including phenoxy) is 1. The van der Waals surface area contributed by atoms with Crippen molar-refractivity contribution in [2.24, 2.45) is 0 Å². The molecule has 7 nitrogen and oxygen atoms in total. The highest BCUT2D eigenvalue weighted by atomic mass is 19.4. The van der Waals surface area contributed by atoms with Crippen LogP contribution in [-0.2, 0) is 17.4 Å². The van der Waals surface area contributed by atoms with Crippen molar-refractivity contribution in [3.63, 3.8) is 0 Å². The van der Waals surface area contributed by atoms with Crippen LogP contribution < -0.4 is 10.1 Å². The number of hydrogen-bond acceptors (Lipinski definition) is 5. The predicted molar refractivity (Wildman–Crippen MR) is 102 cm³/mol. The summed E-state index contributed by atoms with van der Waals surface area (Å²) in [7, 11) is 0. The van der Waals surface area contributed by atoms with Crippen molar-refractivity contribution >= 4 is 22.8 Å². The normalized spacial score (nSPS) is 11.4. The lowest BCUT2D eigenvalue weighted by Gasteiger charge is -2.09. The number of imidazole rings is 1. The van der Waals surface area contributed by atoms with E-state index in [9.17, 15) is 18.0 Å². The molecule has 0 aliphatic carbocycles. The van der Waals surface area contributed by atoms with Crippen molar-refractivity contribution in [3.8, 4) is 11.6 Å². The first-order valence-electron chi connectivity index (χ1n) is 8.76. The number of rotatable bonds is 5. The minimum atomic E-state index is -4.40. The lowest BCUT2D eigenvalue weighted by molar-refractivity contribution is -0.137. The second-order valence-corrected chi connectivity index (χ2v) is 6.33. The van der Waals surface area contributed by atoms with Gasteiger partial charge in [0.25, 0.3) is 0 Å². The van der Waals surface area contributed by atoms with Gasteiger partial charge in [-0.15, -0.1) is 0 Å². The van der Waals surface area contributed by atoms with Gasteiger partial charge in [0, 0.05) is 5.69 Å². The average Bonchev–Trinajstić information content (AvgIpc) is 3.19. The molecule has 0 fully saturated rings. The molecule has 2 heterocycles. The number of alkyl halides is 3. The lowest BCUT2D eigenvalue weighted by atomic mass is 10.1. The number of benzene rings is 2. The summed E-state index contributed by atoms with van der Waals surface area (Å²) < 4.78 is 43.5. The fourth-order valence-electron chi connectivity index (χ4n) is 2.74. The van der Waals surface area contributed by atoms with Crippen LogP contribution in [0.1, 0.15) is 11.1 Å². The number of hydrogen-bond donors (Lipinski definition) is 2. The number of aromatic amines is 1. The Balaban J connectivity index is 1.37. The molecule has 1 amide bonds. The highest BCUT2D eigenvalue weighted by molar-refractivity contribution is 5.92. The zero-order valence-corrected chi connectivity index (χ0v) is 15.3. The number of anilines is 1. The summed E-state index contributed by atoms with van der Waals surface area (Å²) in [5.41, 5.74) is 1.29. The zero-order chi connectivity index (χ0) is 21.1. The molecule has 0 spiro atoms. The van der Waals surface area contributed by atoms with E-state index in [1.807, 2.05) is 0 Å². The summed E-state index contributed by atoms with van der Waals surface area (Å²) in [4.78, 5) is 27.2. The molecular formula is C20H14F3N5O2. The Kier molecular flexibility index (Phi) is 5.05. The van der Waals surface area contributed by atoms with Crippen LogP contribution in [0.2, 0.25) is 0 Å². The van der Waals surface area contributed by atoms with Crippen LogP contribution in [-0.4, -0.2) is 25.8 Å². The lowest BCUT2D eigenvalue weighted by Crippen LogP contribution is -2.14. The molecule has 4 rings (SSSR count). The van der Waals surface area contributed by atoms with Crippen LogP contribution >= 0.6 is 0 Å². The van der Waals surface area contributed by atoms with Crippen molar-refractivity contribution in [1.29, 1.82) is 0 Å². The van der Waals surface area contributed by atoms with Crippen molar-refractivity contribution in [1.82, 2.24) is 19.9 Å². The molecule has 2 N–H and O–H groups in total. The summed E-state index contributed by atoms with van der Waals surface area (Å²) in [5.74, 6) is 0.459. The smallest absolute Gasteiger partial charge is 0.416 e. The minimum absolute atomic E-state index is 0.0465. The molecule has 0 bridgehead atoms. The number of amides is 1. The summed E-state index contributed by atoms with van der Waals surface area (Å²) >= 11 is 0. The third-order valence-corrected chi connectivity index (χ3v) is 4.19. The first-order chi connectivity index (χ1) is 14.4. The molecule has 4 aromatic rings. The van der Waals surface area contributed by atoms with Gasteiger partial charge in [-0.2, -0.15) is 18.2 Å². The number of aromatic nitrogens is 4. The SMILES string of the molecule is O=C(Cc1ccc(C(F)(F)F)cc1)Nc1ccc(Oc2ncnc3nc[nH]c23)cc1. The van der Waals surface area contributed by atoms with Gasteiger partial charge in [-0.3, -0.25) is 4.79 Å². The Morgan fingerprint density at radius 3 is 2.43 bits per heavy atom. The number of fused-ring (bicyclic) bond motifs is 1. The van der Waals surface area contributed by atoms with Crippen LogP contribution in [0.25, 0.3) is 11.2 Å². The van der Waals surface area contributed by atoms with Gasteiger partial charge in [0.2, 0.25) is 11.8 Å². The van der Waals surface area contributed by atoms with Crippen LogP contribution in [0, 0.1) is 0 Å². The fraction of sp³-hybridized carbons (Fsp3) is 0.100. The number of carbonyl (C=O) groups excluding carboxylic acids is 1. The Labute approximate surface area is 168 Å². The van der Waals surface area contributed by atoms with Crippen LogP contribution in [0.5, 0.6) is 11.6 Å². The number of H-pyrrole nitrogens is 1. The molecule has 0 radical (unpaired) electrons. The molecule has 0 aliphatic heterocycles. The van der Waals surface area contributed by atoms with E-state index in [4.69, 9.17) is 4.74 Å². The number of halogens is 3. The van der Waals surface area contributed by atoms with Crippen molar-refractivity contribution in [3.05, 3.63) is 72.3 Å². The van der Waals surface area contributed by atoms with E-state index in [0.29, 0.717) is 34.0 Å². The summed E-state index contributed by atoms with van der Waals surface area (Å²) in [6, 6.07) is 11.1. The molecule has 2 aromatic carbocycles. The van der Waals surface area contributed by atoms with Gasteiger partial charge < -0.3 is 15.0 Å². The quantitative estimate of drug-likeness (QED) is 0.508. The minimum Gasteiger partial charge on any atom is -0.437 e. The fourth-order valence-corrected chi connectivity index (χ4v) is 2.74. The van der Waals surface area contributed by atoms with Gasteiger partial charge in [-0.25, -0.2) is 9.97 Å². The number of nitrogens with one attached hydrogen (secondary N) is 2. The van der Waals surface area contributed by atoms with Gasteiger partial charge in [-0.1, -0.05) is 12.1 Å². The molecule has 10 heteroatoms. The second-order valence-electron chi connectivity index (χ2n) is 6.33. The zero-order valence-electron chi connectivity index (χ0n) is 15.3. The van der Waals surface area contributed by atoms with Gasteiger partial charge in [0.05, 0.1) is 18.3 Å². The van der Waals surface area contributed by atoms with E-state index in [-0.39, 0.29) is 12.3 Å². The number of nitrogens with zero attached hydrogens (tertiary/aromatic N) is 3. The molecule has 2 aromatic heterocycles. The van der Waals surface area contributed by atoms with E-state index < -0.39 is 11.7 Å². The van der Waals surface area contributed by atoms with Gasteiger partial charge in [0.1, 0.15) is 17.6 Å². The highest BCUT2D eigenvalue weighted by Gasteiger charge is 2.29.